The second kappa shape index (κ2) is 7.92. The van der Waals surface area contributed by atoms with Gasteiger partial charge in [0.15, 0.2) is 0 Å². The molecule has 2 heterocycles. The first-order chi connectivity index (χ1) is 13.5. The van der Waals surface area contributed by atoms with Crippen LogP contribution in [0.5, 0.6) is 0 Å². The monoisotopic (exact) mass is 382 g/mol. The molecule has 2 aromatic rings. The molecule has 2 aromatic carbocycles. The Hall–Kier alpha value is -2.40. The Morgan fingerprint density at radius 1 is 1.14 bits per heavy atom. The third-order valence-electron chi connectivity index (χ3n) is 6.05. The molecule has 2 fully saturated rings. The minimum Gasteiger partial charge on any atom is -0.465 e. The van der Waals surface area contributed by atoms with Gasteiger partial charge in [0.25, 0.3) is 0 Å². The highest BCUT2D eigenvalue weighted by atomic mass is 19.1. The number of aryl methyl sites for hydroxylation is 1. The van der Waals surface area contributed by atoms with Crippen LogP contribution in [-0.2, 0) is 13.0 Å². The lowest BCUT2D eigenvalue weighted by Gasteiger charge is -2.29. The van der Waals surface area contributed by atoms with Crippen molar-refractivity contribution in [2.75, 3.05) is 4.90 Å². The molecule has 2 aliphatic heterocycles. The average molecular weight is 382 g/mol. The second-order valence-corrected chi connectivity index (χ2v) is 8.32. The van der Waals surface area contributed by atoms with Crippen LogP contribution in [-0.4, -0.2) is 23.3 Å². The van der Waals surface area contributed by atoms with Crippen LogP contribution in [0.15, 0.2) is 42.5 Å². The van der Waals surface area contributed by atoms with E-state index < -0.39 is 11.9 Å². The molecule has 2 saturated heterocycles. The summed E-state index contributed by atoms with van der Waals surface area (Å²) in [6, 6.07) is 14.0. The van der Waals surface area contributed by atoms with E-state index in [1.165, 1.54) is 37.3 Å². The van der Waals surface area contributed by atoms with Gasteiger partial charge in [-0.25, -0.2) is 9.18 Å². The normalized spacial score (nSPS) is 23.6. The summed E-state index contributed by atoms with van der Waals surface area (Å²) in [6.07, 6.45) is 4.89. The van der Waals surface area contributed by atoms with Crippen molar-refractivity contribution in [3.8, 4) is 0 Å². The number of carboxylic acid groups (broad SMARTS) is 1. The lowest BCUT2D eigenvalue weighted by molar-refractivity contribution is 0.201. The third kappa shape index (κ3) is 4.20. The number of piperidine rings is 1. The van der Waals surface area contributed by atoms with Gasteiger partial charge in [-0.3, -0.25) is 4.90 Å². The van der Waals surface area contributed by atoms with Crippen molar-refractivity contribution >= 4 is 11.8 Å². The zero-order valence-corrected chi connectivity index (χ0v) is 16.2. The number of halogens is 1. The molecule has 2 atom stereocenters. The number of carbonyl (C=O) groups is 1. The quantitative estimate of drug-likeness (QED) is 0.774. The van der Waals surface area contributed by atoms with E-state index >= 15 is 0 Å². The van der Waals surface area contributed by atoms with Crippen molar-refractivity contribution in [1.82, 2.24) is 5.32 Å². The molecule has 4 rings (SSSR count). The second-order valence-electron chi connectivity index (χ2n) is 8.32. The summed E-state index contributed by atoms with van der Waals surface area (Å²) in [7, 11) is 0. The summed E-state index contributed by atoms with van der Waals surface area (Å²) < 4.78 is 14.2. The predicted molar refractivity (Wildman–Crippen MR) is 108 cm³/mol. The van der Waals surface area contributed by atoms with E-state index in [0.29, 0.717) is 18.0 Å². The van der Waals surface area contributed by atoms with Crippen LogP contribution < -0.4 is 10.2 Å². The molecule has 2 unspecified atom stereocenters. The van der Waals surface area contributed by atoms with Gasteiger partial charge in [-0.1, -0.05) is 30.3 Å². The molecule has 2 N–H and O–H groups in total. The molecule has 0 spiro atoms. The van der Waals surface area contributed by atoms with Crippen molar-refractivity contribution in [2.45, 2.75) is 57.7 Å². The number of anilines is 1. The lowest BCUT2D eigenvalue weighted by Crippen LogP contribution is -2.38. The maximum absolute atomic E-state index is 14.2. The number of nitrogens with zero attached hydrogens (tertiary/aromatic N) is 1. The number of nitrogens with one attached hydrogen (secondary N) is 1. The smallest absolute Gasteiger partial charge is 0.412 e. The number of fused-ring (bicyclic) bond motifs is 2. The first-order valence-corrected chi connectivity index (χ1v) is 10.1. The minimum absolute atomic E-state index is 0.104. The van der Waals surface area contributed by atoms with Crippen molar-refractivity contribution < 1.29 is 14.3 Å². The van der Waals surface area contributed by atoms with Crippen LogP contribution in [0.25, 0.3) is 0 Å². The maximum atomic E-state index is 14.2. The largest absolute Gasteiger partial charge is 0.465 e. The molecule has 148 valence electrons. The van der Waals surface area contributed by atoms with E-state index in [1.807, 2.05) is 19.1 Å². The highest BCUT2D eigenvalue weighted by molar-refractivity contribution is 5.86. The molecule has 2 aliphatic rings. The maximum Gasteiger partial charge on any atom is 0.412 e. The Labute approximate surface area is 165 Å². The van der Waals surface area contributed by atoms with Crippen molar-refractivity contribution in [3.05, 3.63) is 65.0 Å². The SMILES string of the molecule is Cc1ccc(F)c(N(Cc2cccc(CC3CC4CCC(C3)N4)c2)C(=O)O)c1. The molecule has 0 aliphatic carbocycles. The van der Waals surface area contributed by atoms with Gasteiger partial charge in [0, 0.05) is 12.1 Å². The molecular weight excluding hydrogens is 355 g/mol. The highest BCUT2D eigenvalue weighted by Gasteiger charge is 2.33. The van der Waals surface area contributed by atoms with Gasteiger partial charge in [0.1, 0.15) is 5.82 Å². The minimum atomic E-state index is -1.15. The Morgan fingerprint density at radius 3 is 2.57 bits per heavy atom. The Balaban J connectivity index is 1.50. The van der Waals surface area contributed by atoms with Gasteiger partial charge in [-0.05, 0) is 73.8 Å². The van der Waals surface area contributed by atoms with Gasteiger partial charge < -0.3 is 10.4 Å². The van der Waals surface area contributed by atoms with Crippen LogP contribution >= 0.6 is 0 Å². The van der Waals surface area contributed by atoms with Gasteiger partial charge in [0.2, 0.25) is 0 Å². The molecule has 4 nitrogen and oxygen atoms in total. The molecule has 1 amide bonds. The van der Waals surface area contributed by atoms with Crippen LogP contribution in [0.4, 0.5) is 14.9 Å². The number of hydrogen-bond acceptors (Lipinski definition) is 2. The highest BCUT2D eigenvalue weighted by Crippen LogP contribution is 2.33. The molecule has 0 aromatic heterocycles. The van der Waals surface area contributed by atoms with Crippen LogP contribution in [0.2, 0.25) is 0 Å². The molecule has 5 heteroatoms. The number of hydrogen-bond donors (Lipinski definition) is 2. The van der Waals surface area contributed by atoms with Crippen molar-refractivity contribution in [3.63, 3.8) is 0 Å². The van der Waals surface area contributed by atoms with Crippen LogP contribution in [0.1, 0.15) is 42.4 Å². The first-order valence-electron chi connectivity index (χ1n) is 10.1. The van der Waals surface area contributed by atoms with Crippen LogP contribution in [0, 0.1) is 18.7 Å². The van der Waals surface area contributed by atoms with Crippen molar-refractivity contribution in [1.29, 1.82) is 0 Å². The Morgan fingerprint density at radius 2 is 1.86 bits per heavy atom. The van der Waals surface area contributed by atoms with E-state index in [0.717, 1.165) is 22.4 Å². The fourth-order valence-corrected chi connectivity index (χ4v) is 4.80. The lowest BCUT2D eigenvalue weighted by atomic mass is 9.87. The zero-order chi connectivity index (χ0) is 19.7. The summed E-state index contributed by atoms with van der Waals surface area (Å²) in [4.78, 5) is 12.9. The van der Waals surface area contributed by atoms with E-state index in [-0.39, 0.29) is 12.2 Å². The standard InChI is InChI=1S/C23H27FN2O2/c1-15-5-8-21(24)22(9-15)26(23(27)28)14-17-4-2-3-16(10-17)11-18-12-19-6-7-20(13-18)25-19/h2-5,8-10,18-20,25H,6-7,11-14H2,1H3,(H,27,28). The van der Waals surface area contributed by atoms with Crippen molar-refractivity contribution in [2.24, 2.45) is 5.92 Å². The summed E-state index contributed by atoms with van der Waals surface area (Å²) in [6.45, 7) is 1.97. The molecule has 0 saturated carbocycles. The third-order valence-corrected chi connectivity index (χ3v) is 6.05. The average Bonchev–Trinajstić information content (AvgIpc) is 3.00. The fourth-order valence-electron chi connectivity index (χ4n) is 4.80. The summed E-state index contributed by atoms with van der Waals surface area (Å²) in [5, 5.41) is 13.3. The van der Waals surface area contributed by atoms with Gasteiger partial charge in [0.05, 0.1) is 12.2 Å². The molecule has 2 bridgehead atoms. The van der Waals surface area contributed by atoms with Gasteiger partial charge in [-0.2, -0.15) is 0 Å². The summed E-state index contributed by atoms with van der Waals surface area (Å²) in [5.41, 5.74) is 3.06. The number of rotatable bonds is 5. The molecular formula is C23H27FN2O2. The zero-order valence-electron chi connectivity index (χ0n) is 16.2. The summed E-state index contributed by atoms with van der Waals surface area (Å²) in [5.74, 6) is 0.160. The van der Waals surface area contributed by atoms with E-state index in [1.54, 1.807) is 12.1 Å². The Bertz CT molecular complexity index is 857. The Kier molecular flexibility index (Phi) is 5.36. The summed E-state index contributed by atoms with van der Waals surface area (Å²) >= 11 is 0. The predicted octanol–water partition coefficient (Wildman–Crippen LogP) is 4.89. The number of benzene rings is 2. The van der Waals surface area contributed by atoms with Crippen LogP contribution in [0.3, 0.4) is 0 Å². The van der Waals surface area contributed by atoms with Gasteiger partial charge in [-0.15, -0.1) is 0 Å². The number of amides is 1. The molecule has 28 heavy (non-hydrogen) atoms. The fraction of sp³-hybridized carbons (Fsp3) is 0.435. The first kappa shape index (κ1) is 18.9. The van der Waals surface area contributed by atoms with E-state index in [9.17, 15) is 14.3 Å². The van der Waals surface area contributed by atoms with E-state index in [4.69, 9.17) is 0 Å². The van der Waals surface area contributed by atoms with E-state index in [2.05, 4.69) is 17.4 Å². The molecule has 0 radical (unpaired) electrons. The van der Waals surface area contributed by atoms with Gasteiger partial charge >= 0.3 is 6.09 Å². The topological polar surface area (TPSA) is 52.6 Å².